The van der Waals surface area contributed by atoms with Crippen LogP contribution >= 0.6 is 0 Å². The highest BCUT2D eigenvalue weighted by Crippen LogP contribution is 2.88. The van der Waals surface area contributed by atoms with Crippen LogP contribution in [0.25, 0.3) is 22.7 Å². The van der Waals surface area contributed by atoms with Gasteiger partial charge in [0.2, 0.25) is 0 Å². The van der Waals surface area contributed by atoms with E-state index >= 15 is 14.4 Å². The fourth-order valence-electron chi connectivity index (χ4n) is 9.43. The van der Waals surface area contributed by atoms with Crippen LogP contribution in [0.5, 0.6) is 0 Å². The fourth-order valence-corrected chi connectivity index (χ4v) is 9.43. The first-order chi connectivity index (χ1) is 30.0. The highest BCUT2D eigenvalue weighted by molar-refractivity contribution is 6.44. The van der Waals surface area contributed by atoms with E-state index in [-0.39, 0.29) is 66.0 Å². The van der Waals surface area contributed by atoms with Crippen LogP contribution in [0.1, 0.15) is 75.1 Å². The molecule has 0 amide bonds. The van der Waals surface area contributed by atoms with Gasteiger partial charge in [0, 0.05) is 18.8 Å². The number of hydrogen-bond donors (Lipinski definition) is 1. The molecule has 0 unspecified atom stereocenters. The number of benzene rings is 4. The van der Waals surface area contributed by atoms with Crippen LogP contribution in [0.3, 0.4) is 0 Å². The molecule has 2 heterocycles. The predicted molar refractivity (Wildman–Crippen MR) is 229 cm³/mol. The number of fused-ring (bicyclic) bond motifs is 1. The summed E-state index contributed by atoms with van der Waals surface area (Å²) in [5.74, 6) is -3.47. The van der Waals surface area contributed by atoms with Crippen molar-refractivity contribution < 1.29 is 42.9 Å². The molecule has 0 saturated heterocycles. The lowest BCUT2D eigenvalue weighted by molar-refractivity contribution is -0.155. The smallest absolute Gasteiger partial charge is 0.355 e. The first-order valence-electron chi connectivity index (χ1n) is 20.4. The Balaban J connectivity index is 1.37. The number of H-pyrrole nitrogens is 1. The van der Waals surface area contributed by atoms with Crippen molar-refractivity contribution in [2.75, 3.05) is 13.2 Å². The van der Waals surface area contributed by atoms with Crippen LogP contribution in [-0.2, 0) is 59.0 Å². The Morgan fingerprint density at radius 1 is 0.661 bits per heavy atom. The highest BCUT2D eigenvalue weighted by atomic mass is 16.5. The third kappa shape index (κ3) is 6.11. The summed E-state index contributed by atoms with van der Waals surface area (Å²) in [6.45, 7) is 6.33. The topological polar surface area (TPSA) is 156 Å². The van der Waals surface area contributed by atoms with Gasteiger partial charge in [0.15, 0.2) is 11.6 Å². The van der Waals surface area contributed by atoms with Gasteiger partial charge in [-0.2, -0.15) is 0 Å². The maximum absolute atomic E-state index is 15.6. The molecule has 2 aliphatic rings. The Morgan fingerprint density at radius 2 is 1.18 bits per heavy atom. The molecular weight excluding hydrogens is 787 g/mol. The normalized spacial score (nSPS) is 20.0. The van der Waals surface area contributed by atoms with E-state index in [2.05, 4.69) is 4.98 Å². The van der Waals surface area contributed by atoms with Crippen LogP contribution in [-0.4, -0.2) is 57.4 Å². The number of ether oxygens (including phenoxy) is 4. The van der Waals surface area contributed by atoms with Crippen molar-refractivity contribution in [3.05, 3.63) is 172 Å². The SMILES string of the molecule is CCOC(=O)c1[nH]c(-c2nc([C@]3(C(=O)OCc4ccccc4)[C@]4(C)C(=O)C(c5ccccc5)=C(c5ccccc5)[C@@]43C(=O)OCC)cn2C)c(C(=O)OCc2ccccc2)c1C. The van der Waals surface area contributed by atoms with Gasteiger partial charge in [-0.3, -0.25) is 14.4 Å². The predicted octanol–water partition coefficient (Wildman–Crippen LogP) is 8.00. The summed E-state index contributed by atoms with van der Waals surface area (Å²) < 4.78 is 24.8. The second-order valence-electron chi connectivity index (χ2n) is 15.4. The molecule has 62 heavy (non-hydrogen) atoms. The second kappa shape index (κ2) is 16.3. The quantitative estimate of drug-likeness (QED) is 0.0843. The van der Waals surface area contributed by atoms with Gasteiger partial charge in [0.25, 0.3) is 0 Å². The van der Waals surface area contributed by atoms with Gasteiger partial charge < -0.3 is 28.5 Å². The number of aromatic nitrogens is 3. The first-order valence-corrected chi connectivity index (χ1v) is 20.4. The molecule has 1 saturated carbocycles. The summed E-state index contributed by atoms with van der Waals surface area (Å²) >= 11 is 0. The van der Waals surface area contributed by atoms with Gasteiger partial charge in [-0.15, -0.1) is 0 Å². The molecule has 314 valence electrons. The zero-order valence-corrected chi connectivity index (χ0v) is 35.0. The standard InChI is InChI=1S/C50H45N3O9/c1-6-59-45(56)40-31(3)37(44(55)61-29-32-20-12-8-13-21-32)41(52-40)43-51-36(28-53(43)5)49(46(57)62-30-33-22-14-9-15-23-33)48(4)42(54)38(34-24-16-10-17-25-34)39(35-26-18-11-19-27-35)50(48,49)47(58)60-7-2/h8-28,52H,6-7,29-30H2,1-5H3/t48-,49-,50+/m0/s1. The lowest BCUT2D eigenvalue weighted by atomic mass is 9.76. The number of rotatable bonds is 14. The summed E-state index contributed by atoms with van der Waals surface area (Å²) in [6.07, 6.45) is 1.56. The van der Waals surface area contributed by atoms with Crippen LogP contribution in [0, 0.1) is 17.8 Å². The molecule has 4 aromatic carbocycles. The maximum atomic E-state index is 15.6. The Morgan fingerprint density at radius 3 is 1.74 bits per heavy atom. The van der Waals surface area contributed by atoms with Crippen molar-refractivity contribution in [1.29, 1.82) is 0 Å². The number of nitrogens with one attached hydrogen (secondary N) is 1. The average Bonchev–Trinajstić information content (AvgIpc) is 3.57. The number of allylic oxidation sites excluding steroid dienone is 1. The van der Waals surface area contributed by atoms with E-state index in [1.807, 2.05) is 60.7 Å². The van der Waals surface area contributed by atoms with Gasteiger partial charge in [-0.25, -0.2) is 14.6 Å². The summed E-state index contributed by atoms with van der Waals surface area (Å²) in [7, 11) is 1.65. The van der Waals surface area contributed by atoms with Gasteiger partial charge in [0.05, 0.1) is 35.6 Å². The van der Waals surface area contributed by atoms with Gasteiger partial charge in [-0.1, -0.05) is 121 Å². The third-order valence-corrected chi connectivity index (χ3v) is 12.2. The number of esters is 4. The molecule has 2 aliphatic carbocycles. The molecule has 12 nitrogen and oxygen atoms in total. The molecule has 2 aromatic heterocycles. The fraction of sp³-hybridized carbons (Fsp3) is 0.240. The minimum atomic E-state index is -2.10. The number of nitrogens with zero attached hydrogens (tertiary/aromatic N) is 2. The molecule has 8 rings (SSSR count). The minimum absolute atomic E-state index is 0.00488. The van der Waals surface area contributed by atoms with E-state index < -0.39 is 45.9 Å². The third-order valence-electron chi connectivity index (χ3n) is 12.2. The Bertz CT molecular complexity index is 2740. The van der Waals surface area contributed by atoms with Crippen molar-refractivity contribution >= 4 is 40.8 Å². The molecule has 0 aliphatic heterocycles. The summed E-state index contributed by atoms with van der Waals surface area (Å²) in [6, 6.07) is 36.3. The highest BCUT2D eigenvalue weighted by Gasteiger charge is 3.00. The molecule has 3 atom stereocenters. The van der Waals surface area contributed by atoms with Crippen LogP contribution in [0.15, 0.2) is 128 Å². The lowest BCUT2D eigenvalue weighted by Gasteiger charge is -2.27. The van der Waals surface area contributed by atoms with Crippen molar-refractivity contribution in [2.24, 2.45) is 17.9 Å². The summed E-state index contributed by atoms with van der Waals surface area (Å²) in [5, 5.41) is 0. The number of aromatic amines is 1. The van der Waals surface area contributed by atoms with Crippen LogP contribution in [0.4, 0.5) is 0 Å². The number of Topliss-reactive ketones (excluding diaryl/α,β-unsaturated/α-hetero) is 1. The molecule has 0 spiro atoms. The zero-order valence-electron chi connectivity index (χ0n) is 35.0. The maximum Gasteiger partial charge on any atom is 0.355 e. The molecule has 6 aromatic rings. The molecular formula is C50H45N3O9. The van der Waals surface area contributed by atoms with Crippen LogP contribution < -0.4 is 0 Å². The van der Waals surface area contributed by atoms with Gasteiger partial charge in [0.1, 0.15) is 29.7 Å². The summed E-state index contributed by atoms with van der Waals surface area (Å²) in [5.41, 5.74) is -2.41. The lowest BCUT2D eigenvalue weighted by Crippen LogP contribution is -2.39. The number of imidazole rings is 1. The Hall–Kier alpha value is -7.34. The van der Waals surface area contributed by atoms with E-state index in [1.54, 1.807) is 106 Å². The Kier molecular flexibility index (Phi) is 10.9. The van der Waals surface area contributed by atoms with Crippen molar-refractivity contribution in [2.45, 2.75) is 46.3 Å². The van der Waals surface area contributed by atoms with Crippen molar-refractivity contribution in [3.8, 4) is 11.5 Å². The monoisotopic (exact) mass is 831 g/mol. The van der Waals surface area contributed by atoms with Crippen LogP contribution in [0.2, 0.25) is 0 Å². The minimum Gasteiger partial charge on any atom is -0.465 e. The first kappa shape index (κ1) is 41.4. The molecule has 0 radical (unpaired) electrons. The van der Waals surface area contributed by atoms with E-state index in [0.717, 1.165) is 5.56 Å². The largest absolute Gasteiger partial charge is 0.465 e. The number of carbonyl (C=O) groups is 5. The molecule has 1 N–H and O–H groups in total. The second-order valence-corrected chi connectivity index (χ2v) is 15.4. The number of ketones is 1. The average molecular weight is 832 g/mol. The van der Waals surface area contributed by atoms with E-state index in [1.165, 1.54) is 0 Å². The van der Waals surface area contributed by atoms with E-state index in [4.69, 9.17) is 23.9 Å². The van der Waals surface area contributed by atoms with E-state index in [0.29, 0.717) is 22.3 Å². The van der Waals surface area contributed by atoms with Gasteiger partial charge in [-0.05, 0) is 61.1 Å². The van der Waals surface area contributed by atoms with E-state index in [9.17, 15) is 9.59 Å². The summed E-state index contributed by atoms with van der Waals surface area (Å²) in [4.78, 5) is 81.8. The Labute approximate surface area is 358 Å². The number of carbonyl (C=O) groups excluding carboxylic acids is 5. The van der Waals surface area contributed by atoms with Crippen molar-refractivity contribution in [3.63, 3.8) is 0 Å². The van der Waals surface area contributed by atoms with Crippen molar-refractivity contribution in [1.82, 2.24) is 14.5 Å². The zero-order chi connectivity index (χ0) is 43.8. The van der Waals surface area contributed by atoms with Gasteiger partial charge >= 0.3 is 23.9 Å². The molecule has 12 heteroatoms. The number of aryl methyl sites for hydroxylation is 1. The number of hydrogen-bond acceptors (Lipinski definition) is 10. The molecule has 1 fully saturated rings. The molecule has 0 bridgehead atoms.